The average molecular weight is 490 g/mol. The number of likely N-dealkylation sites (N-methyl/N-ethyl adjacent to an activating group) is 1. The molecule has 5 N–H and O–H groups in total. The summed E-state index contributed by atoms with van der Waals surface area (Å²) in [7, 11) is 0. The lowest BCUT2D eigenvalue weighted by molar-refractivity contribution is 0.195. The van der Waals surface area contributed by atoms with Gasteiger partial charge in [0.15, 0.2) is 5.75 Å². The molecule has 2 heterocycles. The molecule has 34 heavy (non-hydrogen) atoms. The first kappa shape index (κ1) is 25.8. The van der Waals surface area contributed by atoms with Crippen molar-refractivity contribution in [1.82, 2.24) is 15.5 Å². The number of rotatable bonds is 10. The Morgan fingerprint density at radius 3 is 2.68 bits per heavy atom. The standard InChI is InChI=1S/C24H35N5O4S/c1-3-29(4-2)13-14-32-19-10-8-17(9-11-19)21-15-20(22(34-21)28-23(25)30)33-24(31)27-18-7-5-6-12-26-16-18/h8-11,15,18,26H,3-7,12-14,16H2,1-2H3,(H,27,31)(H3,25,28,30)/t18-/m0/s1. The van der Waals surface area contributed by atoms with E-state index in [0.29, 0.717) is 18.2 Å². The molecule has 9 nitrogen and oxygen atoms in total. The highest BCUT2D eigenvalue weighted by Gasteiger charge is 2.20. The number of urea groups is 1. The second-order valence-corrected chi connectivity index (χ2v) is 9.18. The molecule has 1 aromatic carbocycles. The van der Waals surface area contributed by atoms with E-state index in [1.54, 1.807) is 6.07 Å². The van der Waals surface area contributed by atoms with Crippen LogP contribution in [0.4, 0.5) is 14.6 Å². The van der Waals surface area contributed by atoms with Gasteiger partial charge in [-0.3, -0.25) is 5.32 Å². The molecule has 186 valence electrons. The summed E-state index contributed by atoms with van der Waals surface area (Å²) in [5, 5.41) is 9.14. The van der Waals surface area contributed by atoms with Crippen molar-refractivity contribution in [2.75, 3.05) is 44.6 Å². The number of benzene rings is 1. The van der Waals surface area contributed by atoms with Gasteiger partial charge in [-0.2, -0.15) is 0 Å². The first-order valence-corrected chi connectivity index (χ1v) is 12.6. The molecule has 3 amide bonds. The van der Waals surface area contributed by atoms with Crippen LogP contribution in [-0.4, -0.2) is 62.4 Å². The molecule has 0 bridgehead atoms. The Balaban J connectivity index is 1.65. The van der Waals surface area contributed by atoms with E-state index in [1.807, 2.05) is 24.3 Å². The van der Waals surface area contributed by atoms with E-state index in [9.17, 15) is 9.59 Å². The van der Waals surface area contributed by atoms with E-state index in [4.69, 9.17) is 15.2 Å². The Kier molecular flexibility index (Phi) is 9.99. The van der Waals surface area contributed by atoms with Crippen molar-refractivity contribution in [3.05, 3.63) is 30.3 Å². The van der Waals surface area contributed by atoms with Crippen LogP contribution in [0.3, 0.4) is 0 Å². The summed E-state index contributed by atoms with van der Waals surface area (Å²) in [6.07, 6.45) is 2.48. The minimum Gasteiger partial charge on any atom is -0.492 e. The molecule has 2 aromatic rings. The van der Waals surface area contributed by atoms with E-state index < -0.39 is 12.1 Å². The van der Waals surface area contributed by atoms with Gasteiger partial charge >= 0.3 is 12.1 Å². The highest BCUT2D eigenvalue weighted by molar-refractivity contribution is 7.20. The summed E-state index contributed by atoms with van der Waals surface area (Å²) in [6.45, 7) is 9.43. The number of ether oxygens (including phenoxy) is 2. The molecule has 1 aliphatic rings. The third-order valence-electron chi connectivity index (χ3n) is 5.72. The summed E-state index contributed by atoms with van der Waals surface area (Å²) in [6, 6.07) is 8.71. The molecule has 0 saturated carbocycles. The Morgan fingerprint density at radius 1 is 1.21 bits per heavy atom. The Labute approximate surface area is 205 Å². The first-order valence-electron chi connectivity index (χ1n) is 11.8. The van der Waals surface area contributed by atoms with E-state index in [-0.39, 0.29) is 11.8 Å². The number of thiophene rings is 1. The number of primary amides is 1. The van der Waals surface area contributed by atoms with Crippen molar-refractivity contribution in [2.45, 2.75) is 39.2 Å². The van der Waals surface area contributed by atoms with E-state index in [1.165, 1.54) is 11.3 Å². The quantitative estimate of drug-likeness (QED) is 0.403. The van der Waals surface area contributed by atoms with Gasteiger partial charge in [0.05, 0.1) is 0 Å². The van der Waals surface area contributed by atoms with Crippen LogP contribution in [0.25, 0.3) is 10.4 Å². The van der Waals surface area contributed by atoms with Crippen molar-refractivity contribution >= 4 is 28.5 Å². The summed E-state index contributed by atoms with van der Waals surface area (Å²) in [5.41, 5.74) is 6.23. The average Bonchev–Trinajstić information content (AvgIpc) is 3.02. The van der Waals surface area contributed by atoms with Crippen molar-refractivity contribution in [2.24, 2.45) is 5.73 Å². The minimum atomic E-state index is -0.719. The molecular formula is C24H35N5O4S. The van der Waals surface area contributed by atoms with Crippen LogP contribution in [0.5, 0.6) is 11.5 Å². The molecule has 0 unspecified atom stereocenters. The smallest absolute Gasteiger partial charge is 0.412 e. The molecule has 1 aromatic heterocycles. The molecule has 1 atom stereocenters. The highest BCUT2D eigenvalue weighted by atomic mass is 32.1. The van der Waals surface area contributed by atoms with Gasteiger partial charge in [-0.25, -0.2) is 9.59 Å². The first-order chi connectivity index (χ1) is 16.5. The summed E-state index contributed by atoms with van der Waals surface area (Å²) < 4.78 is 11.4. The van der Waals surface area contributed by atoms with Crippen molar-refractivity contribution in [1.29, 1.82) is 0 Å². The van der Waals surface area contributed by atoms with Crippen molar-refractivity contribution in [3.63, 3.8) is 0 Å². The number of nitrogens with one attached hydrogen (secondary N) is 3. The summed E-state index contributed by atoms with van der Waals surface area (Å²) in [4.78, 5) is 27.1. The second kappa shape index (κ2) is 13.2. The van der Waals surface area contributed by atoms with Crippen molar-refractivity contribution in [3.8, 4) is 21.9 Å². The number of amides is 3. The maximum absolute atomic E-state index is 12.5. The largest absolute Gasteiger partial charge is 0.492 e. The van der Waals surface area contributed by atoms with Crippen LogP contribution in [0.15, 0.2) is 30.3 Å². The zero-order valence-electron chi connectivity index (χ0n) is 19.9. The van der Waals surface area contributed by atoms with Crippen LogP contribution in [0.1, 0.15) is 33.1 Å². The molecule has 0 spiro atoms. The molecule has 0 radical (unpaired) electrons. The van der Waals surface area contributed by atoms with Gasteiger partial charge in [-0.1, -0.05) is 20.3 Å². The minimum absolute atomic E-state index is 0.00920. The normalized spacial score (nSPS) is 16.0. The Bertz CT molecular complexity index is 922. The van der Waals surface area contributed by atoms with Crippen LogP contribution in [0, 0.1) is 0 Å². The fourth-order valence-corrected chi connectivity index (χ4v) is 4.77. The van der Waals surface area contributed by atoms with E-state index in [2.05, 4.69) is 34.7 Å². The molecule has 3 rings (SSSR count). The molecule has 0 aliphatic carbocycles. The van der Waals surface area contributed by atoms with Gasteiger partial charge in [0.25, 0.3) is 0 Å². The molecule has 1 saturated heterocycles. The maximum Gasteiger partial charge on any atom is 0.412 e. The van der Waals surface area contributed by atoms with Crippen LogP contribution in [0.2, 0.25) is 0 Å². The zero-order chi connectivity index (χ0) is 24.3. The van der Waals surface area contributed by atoms with E-state index in [0.717, 1.165) is 61.6 Å². The summed E-state index contributed by atoms with van der Waals surface area (Å²) >= 11 is 1.29. The number of nitrogens with two attached hydrogens (primary N) is 1. The number of hydrogen-bond donors (Lipinski definition) is 4. The molecule has 1 aliphatic heterocycles. The molecular weight excluding hydrogens is 454 g/mol. The zero-order valence-corrected chi connectivity index (χ0v) is 20.7. The molecule has 1 fully saturated rings. The lowest BCUT2D eigenvalue weighted by Crippen LogP contribution is -2.42. The SMILES string of the molecule is CCN(CC)CCOc1ccc(-c2cc(OC(=O)N[C@H]3CCCCNC3)c(NC(N)=O)s2)cc1. The monoisotopic (exact) mass is 489 g/mol. The lowest BCUT2D eigenvalue weighted by Gasteiger charge is -2.18. The number of carbonyl (C=O) groups excluding carboxylic acids is 2. The fraction of sp³-hybridized carbons (Fsp3) is 0.500. The van der Waals surface area contributed by atoms with Gasteiger partial charge in [0, 0.05) is 30.1 Å². The summed E-state index contributed by atoms with van der Waals surface area (Å²) in [5.74, 6) is 1.05. The van der Waals surface area contributed by atoms with Gasteiger partial charge in [-0.05, 0) is 62.3 Å². The van der Waals surface area contributed by atoms with Gasteiger partial charge < -0.3 is 30.7 Å². The predicted molar refractivity (Wildman–Crippen MR) is 136 cm³/mol. The number of anilines is 1. The van der Waals surface area contributed by atoms with Gasteiger partial charge in [0.1, 0.15) is 17.4 Å². The van der Waals surface area contributed by atoms with Gasteiger partial charge in [0.2, 0.25) is 0 Å². The number of hydrogen-bond acceptors (Lipinski definition) is 7. The van der Waals surface area contributed by atoms with Crippen LogP contribution >= 0.6 is 11.3 Å². The second-order valence-electron chi connectivity index (χ2n) is 8.12. The number of nitrogens with zero attached hydrogens (tertiary/aromatic N) is 1. The maximum atomic E-state index is 12.5. The predicted octanol–water partition coefficient (Wildman–Crippen LogP) is 3.86. The van der Waals surface area contributed by atoms with Crippen LogP contribution in [-0.2, 0) is 0 Å². The van der Waals surface area contributed by atoms with Crippen molar-refractivity contribution < 1.29 is 19.1 Å². The third-order valence-corrected chi connectivity index (χ3v) is 6.80. The fourth-order valence-electron chi connectivity index (χ4n) is 3.78. The Morgan fingerprint density at radius 2 is 1.97 bits per heavy atom. The highest BCUT2D eigenvalue weighted by Crippen LogP contribution is 2.41. The number of carbonyl (C=O) groups is 2. The van der Waals surface area contributed by atoms with Crippen LogP contribution < -0.4 is 31.2 Å². The Hall–Kier alpha value is -2.82. The molecule has 10 heteroatoms. The lowest BCUT2D eigenvalue weighted by atomic mass is 10.1. The third kappa shape index (κ3) is 7.89. The van der Waals surface area contributed by atoms with E-state index >= 15 is 0 Å². The topological polar surface area (TPSA) is 118 Å². The van der Waals surface area contributed by atoms with Gasteiger partial charge in [-0.15, -0.1) is 11.3 Å².